The zero-order valence-electron chi connectivity index (χ0n) is 10.9. The summed E-state index contributed by atoms with van der Waals surface area (Å²) in [7, 11) is 3.18. The molecular weight excluding hydrogens is 249 g/mol. The molecule has 2 aromatic rings. The average Bonchev–Trinajstić information content (AvgIpc) is 2.67. The van der Waals surface area contributed by atoms with Crippen molar-refractivity contribution >= 4 is 11.6 Å². The molecule has 0 atom stereocenters. The summed E-state index contributed by atoms with van der Waals surface area (Å²) in [6.45, 7) is 1.76. The smallest absolute Gasteiger partial charge is 0.258 e. The molecule has 0 radical (unpaired) electrons. The van der Waals surface area contributed by atoms with Gasteiger partial charge in [0.05, 0.1) is 24.1 Å². The van der Waals surface area contributed by atoms with Gasteiger partial charge < -0.3 is 10.1 Å². The molecule has 0 spiro atoms. The van der Waals surface area contributed by atoms with E-state index in [1.165, 1.54) is 25.3 Å². The van der Waals surface area contributed by atoms with Crippen LogP contribution < -0.4 is 10.1 Å². The van der Waals surface area contributed by atoms with E-state index >= 15 is 0 Å². The molecule has 0 unspecified atom stereocenters. The SMILES string of the molecule is COc1ccc(C(=O)Nc2cn(C)nc2C)c(F)c1. The molecule has 0 aliphatic rings. The van der Waals surface area contributed by atoms with Gasteiger partial charge in [0.25, 0.3) is 5.91 Å². The number of carbonyl (C=O) groups is 1. The van der Waals surface area contributed by atoms with Gasteiger partial charge in [-0.15, -0.1) is 0 Å². The third-order valence-corrected chi connectivity index (χ3v) is 2.68. The van der Waals surface area contributed by atoms with Gasteiger partial charge in [0.2, 0.25) is 0 Å². The lowest BCUT2D eigenvalue weighted by Gasteiger charge is -2.06. The third kappa shape index (κ3) is 2.73. The molecule has 0 aliphatic carbocycles. The van der Waals surface area contributed by atoms with Crippen molar-refractivity contribution in [2.24, 2.45) is 7.05 Å². The molecule has 1 aromatic carbocycles. The Morgan fingerprint density at radius 1 is 1.47 bits per heavy atom. The van der Waals surface area contributed by atoms with Crippen LogP contribution in [0.4, 0.5) is 10.1 Å². The quantitative estimate of drug-likeness (QED) is 0.923. The van der Waals surface area contributed by atoms with Gasteiger partial charge in [0.15, 0.2) is 0 Å². The number of benzene rings is 1. The highest BCUT2D eigenvalue weighted by molar-refractivity contribution is 6.04. The summed E-state index contributed by atoms with van der Waals surface area (Å²) in [6, 6.07) is 4.09. The van der Waals surface area contributed by atoms with E-state index in [0.717, 1.165) is 0 Å². The lowest BCUT2D eigenvalue weighted by atomic mass is 10.2. The predicted molar refractivity (Wildman–Crippen MR) is 68.9 cm³/mol. The van der Waals surface area contributed by atoms with Crippen molar-refractivity contribution < 1.29 is 13.9 Å². The fourth-order valence-electron chi connectivity index (χ4n) is 1.72. The number of aromatic nitrogens is 2. The Morgan fingerprint density at radius 2 is 2.21 bits per heavy atom. The van der Waals surface area contributed by atoms with E-state index in [1.807, 2.05) is 0 Å². The number of hydrogen-bond acceptors (Lipinski definition) is 3. The molecule has 100 valence electrons. The lowest BCUT2D eigenvalue weighted by Crippen LogP contribution is -2.14. The van der Waals surface area contributed by atoms with E-state index in [-0.39, 0.29) is 5.56 Å². The first-order valence-electron chi connectivity index (χ1n) is 5.66. The number of nitrogens with one attached hydrogen (secondary N) is 1. The number of methoxy groups -OCH3 is 1. The number of carbonyl (C=O) groups excluding carboxylic acids is 1. The summed E-state index contributed by atoms with van der Waals surface area (Å²) in [5, 5.41) is 6.72. The fourth-order valence-corrected chi connectivity index (χ4v) is 1.72. The van der Waals surface area contributed by atoms with E-state index in [0.29, 0.717) is 17.1 Å². The van der Waals surface area contributed by atoms with E-state index in [2.05, 4.69) is 10.4 Å². The molecule has 1 aromatic heterocycles. The average molecular weight is 263 g/mol. The van der Waals surface area contributed by atoms with Crippen LogP contribution in [0.1, 0.15) is 16.1 Å². The monoisotopic (exact) mass is 263 g/mol. The maximum absolute atomic E-state index is 13.7. The zero-order valence-corrected chi connectivity index (χ0v) is 10.9. The van der Waals surface area contributed by atoms with Gasteiger partial charge in [-0.1, -0.05) is 0 Å². The van der Waals surface area contributed by atoms with Gasteiger partial charge in [-0.05, 0) is 19.1 Å². The minimum atomic E-state index is -0.626. The van der Waals surface area contributed by atoms with Gasteiger partial charge in [0, 0.05) is 19.3 Å². The Labute approximate surface area is 110 Å². The van der Waals surface area contributed by atoms with Crippen molar-refractivity contribution in [2.75, 3.05) is 12.4 Å². The van der Waals surface area contributed by atoms with E-state index in [4.69, 9.17) is 4.74 Å². The van der Waals surface area contributed by atoms with Crippen LogP contribution in [0.15, 0.2) is 24.4 Å². The van der Waals surface area contributed by atoms with Crippen LogP contribution in [-0.4, -0.2) is 22.8 Å². The van der Waals surface area contributed by atoms with E-state index in [9.17, 15) is 9.18 Å². The van der Waals surface area contributed by atoms with Crippen molar-refractivity contribution in [1.29, 1.82) is 0 Å². The van der Waals surface area contributed by atoms with Crippen LogP contribution in [-0.2, 0) is 7.05 Å². The largest absolute Gasteiger partial charge is 0.497 e. The number of anilines is 1. The molecule has 1 heterocycles. The maximum atomic E-state index is 13.7. The first-order chi connectivity index (χ1) is 9.01. The van der Waals surface area contributed by atoms with Crippen molar-refractivity contribution in [3.05, 3.63) is 41.5 Å². The first kappa shape index (κ1) is 13.1. The van der Waals surface area contributed by atoms with Gasteiger partial charge >= 0.3 is 0 Å². The number of hydrogen-bond donors (Lipinski definition) is 1. The zero-order chi connectivity index (χ0) is 14.0. The Balaban J connectivity index is 2.23. The fraction of sp³-hybridized carbons (Fsp3) is 0.231. The van der Waals surface area contributed by atoms with Crippen molar-refractivity contribution in [3.63, 3.8) is 0 Å². The van der Waals surface area contributed by atoms with Gasteiger partial charge in [0.1, 0.15) is 11.6 Å². The predicted octanol–water partition coefficient (Wildman–Crippen LogP) is 2.13. The molecule has 2 rings (SSSR count). The number of ether oxygens (including phenoxy) is 1. The van der Waals surface area contributed by atoms with Gasteiger partial charge in [-0.2, -0.15) is 5.10 Å². The number of aryl methyl sites for hydroxylation is 2. The second kappa shape index (κ2) is 5.09. The van der Waals surface area contributed by atoms with Crippen LogP contribution in [0.3, 0.4) is 0 Å². The molecule has 0 saturated carbocycles. The highest BCUT2D eigenvalue weighted by Crippen LogP contribution is 2.18. The normalized spacial score (nSPS) is 10.3. The Bertz CT molecular complexity index is 622. The topological polar surface area (TPSA) is 56.1 Å². The second-order valence-electron chi connectivity index (χ2n) is 4.10. The molecule has 1 N–H and O–H groups in total. The minimum Gasteiger partial charge on any atom is -0.497 e. The third-order valence-electron chi connectivity index (χ3n) is 2.68. The summed E-state index contributed by atoms with van der Waals surface area (Å²) in [6.07, 6.45) is 1.66. The van der Waals surface area contributed by atoms with Crippen molar-refractivity contribution in [1.82, 2.24) is 9.78 Å². The highest BCUT2D eigenvalue weighted by Gasteiger charge is 2.14. The molecule has 0 saturated heterocycles. The number of halogens is 1. The Hall–Kier alpha value is -2.37. The molecule has 0 aliphatic heterocycles. The van der Waals surface area contributed by atoms with E-state index < -0.39 is 11.7 Å². The van der Waals surface area contributed by atoms with Crippen LogP contribution in [0, 0.1) is 12.7 Å². The van der Waals surface area contributed by atoms with Crippen LogP contribution in [0.2, 0.25) is 0 Å². The maximum Gasteiger partial charge on any atom is 0.258 e. The van der Waals surface area contributed by atoms with Gasteiger partial charge in [-0.3, -0.25) is 9.48 Å². The Kier molecular flexibility index (Phi) is 3.50. The summed E-state index contributed by atoms with van der Waals surface area (Å²) in [5.41, 5.74) is 1.19. The molecule has 19 heavy (non-hydrogen) atoms. The van der Waals surface area contributed by atoms with Gasteiger partial charge in [-0.25, -0.2) is 4.39 Å². The summed E-state index contributed by atoms with van der Waals surface area (Å²) >= 11 is 0. The molecule has 0 fully saturated rings. The van der Waals surface area contributed by atoms with Crippen LogP contribution in [0.25, 0.3) is 0 Å². The number of amides is 1. The summed E-state index contributed by atoms with van der Waals surface area (Å²) < 4.78 is 20.2. The summed E-state index contributed by atoms with van der Waals surface area (Å²) in [5.74, 6) is -0.777. The molecule has 1 amide bonds. The molecule has 6 heteroatoms. The van der Waals surface area contributed by atoms with Crippen LogP contribution in [0.5, 0.6) is 5.75 Å². The van der Waals surface area contributed by atoms with Crippen molar-refractivity contribution in [3.8, 4) is 5.75 Å². The Morgan fingerprint density at radius 3 is 2.74 bits per heavy atom. The lowest BCUT2D eigenvalue weighted by molar-refractivity contribution is 0.102. The summed E-state index contributed by atoms with van der Waals surface area (Å²) in [4.78, 5) is 12.0. The molecular formula is C13H14FN3O2. The second-order valence-corrected chi connectivity index (χ2v) is 4.10. The van der Waals surface area contributed by atoms with E-state index in [1.54, 1.807) is 24.9 Å². The molecule has 0 bridgehead atoms. The standard InChI is InChI=1S/C13H14FN3O2/c1-8-12(7-17(2)16-8)15-13(18)10-5-4-9(19-3)6-11(10)14/h4-7H,1-3H3,(H,15,18). The number of rotatable bonds is 3. The minimum absolute atomic E-state index is 0.0379. The first-order valence-corrected chi connectivity index (χ1v) is 5.66. The highest BCUT2D eigenvalue weighted by atomic mass is 19.1. The van der Waals surface area contributed by atoms with Crippen LogP contribution >= 0.6 is 0 Å². The van der Waals surface area contributed by atoms with Crippen molar-refractivity contribution in [2.45, 2.75) is 6.92 Å². The number of nitrogens with zero attached hydrogens (tertiary/aromatic N) is 2. The molecule has 5 nitrogen and oxygen atoms in total.